The molecule has 0 unspecified atom stereocenters. The highest BCUT2D eigenvalue weighted by Crippen LogP contribution is 2.11. The van der Waals surface area contributed by atoms with Crippen molar-refractivity contribution in [2.45, 2.75) is 6.54 Å². The van der Waals surface area contributed by atoms with Crippen LogP contribution in [0.25, 0.3) is 0 Å². The summed E-state index contributed by atoms with van der Waals surface area (Å²) < 4.78 is 21.4. The fraction of sp³-hybridized carbons (Fsp3) is 0.455. The van der Waals surface area contributed by atoms with Crippen molar-refractivity contribution in [3.63, 3.8) is 0 Å². The molecule has 0 aliphatic carbocycles. The van der Waals surface area contributed by atoms with E-state index in [-0.39, 0.29) is 5.75 Å². The molecule has 3 N–H and O–H groups in total. The Morgan fingerprint density at radius 3 is 2.29 bits per heavy atom. The third-order valence-corrected chi connectivity index (χ3v) is 3.12. The number of rotatable bonds is 6. The van der Waals surface area contributed by atoms with Gasteiger partial charge in [0.25, 0.3) is 0 Å². The first-order valence-corrected chi connectivity index (χ1v) is 7.07. The van der Waals surface area contributed by atoms with Crippen LogP contribution in [0.3, 0.4) is 0 Å². The normalized spacial score (nSPS) is 11.5. The summed E-state index contributed by atoms with van der Waals surface area (Å²) in [4.78, 5) is 2.03. The number of nitrogens with zero attached hydrogens (tertiary/aromatic N) is 1. The number of primary sulfonamides is 1. The minimum absolute atomic E-state index is 0.0389. The van der Waals surface area contributed by atoms with Crippen molar-refractivity contribution in [2.24, 2.45) is 5.14 Å². The summed E-state index contributed by atoms with van der Waals surface area (Å²) in [5.74, 6) is -0.0389. The highest BCUT2D eigenvalue weighted by molar-refractivity contribution is 7.89. The van der Waals surface area contributed by atoms with Gasteiger partial charge in [-0.25, -0.2) is 13.6 Å². The molecule has 17 heavy (non-hydrogen) atoms. The number of anilines is 1. The molecule has 0 aliphatic rings. The summed E-state index contributed by atoms with van der Waals surface area (Å²) in [7, 11) is 0.605. The van der Waals surface area contributed by atoms with Gasteiger partial charge in [-0.3, -0.25) is 0 Å². The quantitative estimate of drug-likeness (QED) is 0.710. The highest BCUT2D eigenvalue weighted by atomic mass is 32.2. The van der Waals surface area contributed by atoms with Crippen LogP contribution < -0.4 is 15.4 Å². The van der Waals surface area contributed by atoms with E-state index in [9.17, 15) is 8.42 Å². The Balaban J connectivity index is 2.37. The van der Waals surface area contributed by atoms with Gasteiger partial charge in [0.1, 0.15) is 0 Å². The van der Waals surface area contributed by atoms with Gasteiger partial charge in [-0.1, -0.05) is 12.1 Å². The molecule has 5 nitrogen and oxygen atoms in total. The van der Waals surface area contributed by atoms with Crippen LogP contribution in [0, 0.1) is 0 Å². The number of nitrogens with two attached hydrogens (primary N) is 1. The van der Waals surface area contributed by atoms with Crippen LogP contribution in [0.2, 0.25) is 0 Å². The van der Waals surface area contributed by atoms with E-state index in [1.54, 1.807) is 0 Å². The zero-order valence-corrected chi connectivity index (χ0v) is 11.0. The Labute approximate surface area is 103 Å². The molecule has 1 aromatic rings. The Hall–Kier alpha value is -1.11. The fourth-order valence-corrected chi connectivity index (χ4v) is 1.79. The maximum atomic E-state index is 10.7. The average Bonchev–Trinajstić information content (AvgIpc) is 2.24. The molecule has 96 valence electrons. The highest BCUT2D eigenvalue weighted by Gasteiger charge is 2.01. The van der Waals surface area contributed by atoms with E-state index < -0.39 is 10.0 Å². The van der Waals surface area contributed by atoms with E-state index in [1.165, 1.54) is 0 Å². The molecule has 0 bridgehead atoms. The molecular formula is C11H19N3O2S. The first-order chi connectivity index (χ1) is 7.88. The first-order valence-electron chi connectivity index (χ1n) is 5.36. The van der Waals surface area contributed by atoms with Crippen molar-refractivity contribution >= 4 is 15.7 Å². The topological polar surface area (TPSA) is 75.4 Å². The van der Waals surface area contributed by atoms with Gasteiger partial charge in [0, 0.05) is 32.9 Å². The van der Waals surface area contributed by atoms with E-state index >= 15 is 0 Å². The van der Waals surface area contributed by atoms with Crippen LogP contribution in [0.4, 0.5) is 5.69 Å². The summed E-state index contributed by atoms with van der Waals surface area (Å²) >= 11 is 0. The predicted molar refractivity (Wildman–Crippen MR) is 70.4 cm³/mol. The second kappa shape index (κ2) is 6.00. The average molecular weight is 257 g/mol. The number of nitrogens with one attached hydrogen (secondary N) is 1. The molecule has 0 amide bonds. The van der Waals surface area contributed by atoms with Gasteiger partial charge in [-0.2, -0.15) is 0 Å². The Bertz CT molecular complexity index is 440. The van der Waals surface area contributed by atoms with Gasteiger partial charge in [-0.05, 0) is 17.7 Å². The molecule has 0 saturated heterocycles. The smallest absolute Gasteiger partial charge is 0.210 e. The molecule has 0 saturated carbocycles. The Morgan fingerprint density at radius 1 is 1.24 bits per heavy atom. The molecule has 1 aromatic carbocycles. The third kappa shape index (κ3) is 5.67. The summed E-state index contributed by atoms with van der Waals surface area (Å²) in [6.45, 7) is 1.01. The van der Waals surface area contributed by atoms with Crippen LogP contribution in [0.5, 0.6) is 0 Å². The molecule has 0 atom stereocenters. The zero-order valence-electron chi connectivity index (χ0n) is 10.2. The number of hydrogen-bond acceptors (Lipinski definition) is 4. The van der Waals surface area contributed by atoms with Crippen LogP contribution in [-0.2, 0) is 16.6 Å². The van der Waals surface area contributed by atoms with Crippen LogP contribution in [0.1, 0.15) is 5.56 Å². The minimum Gasteiger partial charge on any atom is -0.378 e. The van der Waals surface area contributed by atoms with Crippen molar-refractivity contribution in [2.75, 3.05) is 31.3 Å². The molecule has 6 heteroatoms. The van der Waals surface area contributed by atoms with Gasteiger partial charge in [-0.15, -0.1) is 0 Å². The molecule has 0 aliphatic heterocycles. The van der Waals surface area contributed by atoms with Crippen molar-refractivity contribution in [3.8, 4) is 0 Å². The van der Waals surface area contributed by atoms with E-state index in [4.69, 9.17) is 5.14 Å². The minimum atomic E-state index is -3.37. The van der Waals surface area contributed by atoms with Crippen molar-refractivity contribution in [3.05, 3.63) is 29.8 Å². The SMILES string of the molecule is CN(C)c1ccc(CNCCS(N)(=O)=O)cc1. The number of benzene rings is 1. The third-order valence-electron chi connectivity index (χ3n) is 2.35. The van der Waals surface area contributed by atoms with E-state index in [2.05, 4.69) is 5.32 Å². The molecule has 1 rings (SSSR count). The lowest BCUT2D eigenvalue weighted by Crippen LogP contribution is -2.26. The maximum Gasteiger partial charge on any atom is 0.210 e. The zero-order chi connectivity index (χ0) is 12.9. The molecular weight excluding hydrogens is 238 g/mol. The number of sulfonamides is 1. The summed E-state index contributed by atoms with van der Waals surface area (Å²) in [5, 5.41) is 7.93. The monoisotopic (exact) mass is 257 g/mol. The van der Waals surface area contributed by atoms with Gasteiger partial charge in [0.15, 0.2) is 0 Å². The van der Waals surface area contributed by atoms with E-state index in [0.29, 0.717) is 13.1 Å². The molecule has 0 fully saturated rings. The second-order valence-corrected chi connectivity index (χ2v) is 5.84. The Morgan fingerprint density at radius 2 is 1.82 bits per heavy atom. The Kier molecular flexibility index (Phi) is 4.92. The van der Waals surface area contributed by atoms with Crippen LogP contribution >= 0.6 is 0 Å². The van der Waals surface area contributed by atoms with Crippen molar-refractivity contribution in [1.29, 1.82) is 0 Å². The van der Waals surface area contributed by atoms with Gasteiger partial charge < -0.3 is 10.2 Å². The number of hydrogen-bond donors (Lipinski definition) is 2. The van der Waals surface area contributed by atoms with Gasteiger partial charge in [0.05, 0.1) is 5.75 Å². The van der Waals surface area contributed by atoms with E-state index in [1.807, 2.05) is 43.3 Å². The lowest BCUT2D eigenvalue weighted by Gasteiger charge is -2.12. The molecule has 0 aromatic heterocycles. The molecule has 0 radical (unpaired) electrons. The van der Waals surface area contributed by atoms with Crippen molar-refractivity contribution in [1.82, 2.24) is 5.32 Å². The lowest BCUT2D eigenvalue weighted by atomic mass is 10.2. The maximum absolute atomic E-state index is 10.7. The van der Waals surface area contributed by atoms with Crippen LogP contribution in [-0.4, -0.2) is 34.8 Å². The lowest BCUT2D eigenvalue weighted by molar-refractivity contribution is 0.592. The first kappa shape index (κ1) is 14.0. The summed E-state index contributed by atoms with van der Waals surface area (Å²) in [6, 6.07) is 8.08. The summed E-state index contributed by atoms with van der Waals surface area (Å²) in [6.07, 6.45) is 0. The van der Waals surface area contributed by atoms with Crippen molar-refractivity contribution < 1.29 is 8.42 Å². The molecule has 0 spiro atoms. The van der Waals surface area contributed by atoms with Crippen LogP contribution in [0.15, 0.2) is 24.3 Å². The largest absolute Gasteiger partial charge is 0.378 e. The predicted octanol–water partition coefficient (Wildman–Crippen LogP) is 0.131. The second-order valence-electron chi connectivity index (χ2n) is 4.10. The standard InChI is InChI=1S/C11H19N3O2S/c1-14(2)11-5-3-10(4-6-11)9-13-7-8-17(12,15)16/h3-6,13H,7-9H2,1-2H3,(H2,12,15,16). The van der Waals surface area contributed by atoms with Gasteiger partial charge in [0.2, 0.25) is 10.0 Å². The molecule has 0 heterocycles. The van der Waals surface area contributed by atoms with E-state index in [0.717, 1.165) is 11.3 Å². The fourth-order valence-electron chi connectivity index (χ4n) is 1.36. The summed E-state index contributed by atoms with van der Waals surface area (Å²) in [5.41, 5.74) is 2.25. The van der Waals surface area contributed by atoms with Gasteiger partial charge >= 0.3 is 0 Å².